The lowest BCUT2D eigenvalue weighted by molar-refractivity contribution is -0.155. The van der Waals surface area contributed by atoms with Crippen molar-refractivity contribution in [1.29, 1.82) is 0 Å². The number of methoxy groups -OCH3 is 1. The highest BCUT2D eigenvalue weighted by Crippen LogP contribution is 2.22. The quantitative estimate of drug-likeness (QED) is 0.501. The molecule has 0 saturated carbocycles. The molecule has 0 aliphatic heterocycles. The van der Waals surface area contributed by atoms with Crippen molar-refractivity contribution in [2.75, 3.05) is 7.11 Å². The molecule has 0 heterocycles. The molecule has 0 amide bonds. The smallest absolute Gasteiger partial charge is 0.311 e. The molecule has 128 valence electrons. The van der Waals surface area contributed by atoms with E-state index in [0.29, 0.717) is 19.4 Å². The highest BCUT2D eigenvalue weighted by Gasteiger charge is 2.33. The standard InChI is InChI=1S/C19H28O4/c1-4-6-13-17(23-14-15-11-8-7-9-12-15)18(20)16(10-5-2)19(21)22-3/h5,7-9,11-12,16-18,20H,2,4,6,10,13-14H2,1,3H3/t16-,17+,18+/m1/s1. The second kappa shape index (κ2) is 11.0. The van der Waals surface area contributed by atoms with E-state index in [-0.39, 0.29) is 0 Å². The fraction of sp³-hybridized carbons (Fsp3) is 0.526. The van der Waals surface area contributed by atoms with Crippen molar-refractivity contribution in [2.24, 2.45) is 5.92 Å². The fourth-order valence-corrected chi connectivity index (χ4v) is 2.50. The summed E-state index contributed by atoms with van der Waals surface area (Å²) in [6.45, 7) is 6.15. The molecule has 1 N–H and O–H groups in total. The molecule has 1 rings (SSSR count). The lowest BCUT2D eigenvalue weighted by Gasteiger charge is -2.28. The van der Waals surface area contributed by atoms with Gasteiger partial charge in [0, 0.05) is 0 Å². The Labute approximate surface area is 139 Å². The summed E-state index contributed by atoms with van der Waals surface area (Å²) in [5.41, 5.74) is 1.04. The maximum absolute atomic E-state index is 11.9. The van der Waals surface area contributed by atoms with Gasteiger partial charge in [0.1, 0.15) is 0 Å². The molecule has 0 unspecified atom stereocenters. The highest BCUT2D eigenvalue weighted by molar-refractivity contribution is 5.73. The number of rotatable bonds is 11. The number of aliphatic hydroxyl groups is 1. The Bertz CT molecular complexity index is 458. The van der Waals surface area contributed by atoms with E-state index in [9.17, 15) is 9.90 Å². The van der Waals surface area contributed by atoms with Gasteiger partial charge in [-0.25, -0.2) is 0 Å². The summed E-state index contributed by atoms with van der Waals surface area (Å²) in [7, 11) is 1.33. The summed E-state index contributed by atoms with van der Waals surface area (Å²) < 4.78 is 10.7. The Morgan fingerprint density at radius 2 is 2.04 bits per heavy atom. The number of hydrogen-bond donors (Lipinski definition) is 1. The molecule has 0 radical (unpaired) electrons. The SMILES string of the molecule is C=CC[C@@H](C(=O)OC)[C@H](O)[C@H](CCCC)OCc1ccccc1. The van der Waals surface area contributed by atoms with Crippen LogP contribution in [0.5, 0.6) is 0 Å². The summed E-state index contributed by atoms with van der Waals surface area (Å²) in [6.07, 6.45) is 3.31. The molecule has 0 fully saturated rings. The van der Waals surface area contributed by atoms with E-state index in [1.165, 1.54) is 7.11 Å². The highest BCUT2D eigenvalue weighted by atomic mass is 16.5. The van der Waals surface area contributed by atoms with Gasteiger partial charge in [0.2, 0.25) is 0 Å². The first-order valence-corrected chi connectivity index (χ1v) is 8.16. The van der Waals surface area contributed by atoms with Gasteiger partial charge in [0.25, 0.3) is 0 Å². The Kier molecular flexibility index (Phi) is 9.25. The van der Waals surface area contributed by atoms with Crippen LogP contribution in [0.25, 0.3) is 0 Å². The lowest BCUT2D eigenvalue weighted by Crippen LogP contribution is -2.39. The van der Waals surface area contributed by atoms with Crippen LogP contribution in [0.1, 0.15) is 38.2 Å². The molecule has 0 aromatic heterocycles. The van der Waals surface area contributed by atoms with Crippen LogP contribution in [0.3, 0.4) is 0 Å². The third-order valence-corrected chi connectivity index (χ3v) is 3.87. The van der Waals surface area contributed by atoms with Crippen LogP contribution in [0.15, 0.2) is 43.0 Å². The summed E-state index contributed by atoms with van der Waals surface area (Å²) in [6, 6.07) is 9.80. The summed E-state index contributed by atoms with van der Waals surface area (Å²) in [5.74, 6) is -1.07. The van der Waals surface area contributed by atoms with Gasteiger partial charge in [0.05, 0.1) is 31.8 Å². The van der Waals surface area contributed by atoms with Crippen molar-refractivity contribution in [3.63, 3.8) is 0 Å². The van der Waals surface area contributed by atoms with E-state index < -0.39 is 24.1 Å². The molecular formula is C19H28O4. The molecule has 0 aliphatic carbocycles. The van der Waals surface area contributed by atoms with Crippen LogP contribution in [-0.4, -0.2) is 30.4 Å². The predicted molar refractivity (Wildman–Crippen MR) is 90.9 cm³/mol. The fourth-order valence-electron chi connectivity index (χ4n) is 2.50. The zero-order valence-corrected chi connectivity index (χ0v) is 14.1. The van der Waals surface area contributed by atoms with E-state index in [0.717, 1.165) is 18.4 Å². The molecule has 1 aromatic carbocycles. The normalized spacial score (nSPS) is 14.7. The van der Waals surface area contributed by atoms with Gasteiger partial charge in [-0.3, -0.25) is 4.79 Å². The van der Waals surface area contributed by atoms with Crippen LogP contribution in [0.4, 0.5) is 0 Å². The van der Waals surface area contributed by atoms with E-state index in [1.54, 1.807) is 6.08 Å². The molecule has 0 aliphatic rings. The monoisotopic (exact) mass is 320 g/mol. The summed E-state index contributed by atoms with van der Waals surface area (Å²) >= 11 is 0. The maximum atomic E-state index is 11.9. The number of ether oxygens (including phenoxy) is 2. The Morgan fingerprint density at radius 1 is 1.35 bits per heavy atom. The van der Waals surface area contributed by atoms with Gasteiger partial charge in [-0.1, -0.05) is 56.2 Å². The van der Waals surface area contributed by atoms with Crippen molar-refractivity contribution in [1.82, 2.24) is 0 Å². The second-order valence-electron chi connectivity index (χ2n) is 5.62. The minimum Gasteiger partial charge on any atom is -0.469 e. The molecule has 0 spiro atoms. The molecular weight excluding hydrogens is 292 g/mol. The van der Waals surface area contributed by atoms with Gasteiger partial charge in [-0.15, -0.1) is 6.58 Å². The van der Waals surface area contributed by atoms with E-state index in [4.69, 9.17) is 9.47 Å². The van der Waals surface area contributed by atoms with Crippen LogP contribution >= 0.6 is 0 Å². The molecule has 1 aromatic rings. The number of benzene rings is 1. The zero-order valence-electron chi connectivity index (χ0n) is 14.1. The summed E-state index contributed by atoms with van der Waals surface area (Å²) in [4.78, 5) is 11.9. The van der Waals surface area contributed by atoms with E-state index in [2.05, 4.69) is 13.5 Å². The minimum absolute atomic E-state index is 0.366. The first kappa shape index (κ1) is 19.4. The van der Waals surface area contributed by atoms with E-state index >= 15 is 0 Å². The first-order valence-electron chi connectivity index (χ1n) is 8.16. The van der Waals surface area contributed by atoms with Crippen molar-refractivity contribution >= 4 is 5.97 Å². The van der Waals surface area contributed by atoms with Crippen molar-refractivity contribution in [2.45, 2.75) is 51.4 Å². The van der Waals surface area contributed by atoms with Crippen LogP contribution in [0, 0.1) is 5.92 Å². The number of carbonyl (C=O) groups is 1. The van der Waals surface area contributed by atoms with Gasteiger partial charge >= 0.3 is 5.97 Å². The second-order valence-corrected chi connectivity index (χ2v) is 5.62. The third-order valence-electron chi connectivity index (χ3n) is 3.87. The van der Waals surface area contributed by atoms with Crippen LogP contribution < -0.4 is 0 Å². The molecule has 0 bridgehead atoms. The topological polar surface area (TPSA) is 55.8 Å². The Morgan fingerprint density at radius 3 is 2.61 bits per heavy atom. The van der Waals surface area contributed by atoms with Crippen LogP contribution in [-0.2, 0) is 20.9 Å². The van der Waals surface area contributed by atoms with Gasteiger partial charge in [-0.05, 0) is 18.4 Å². The number of carbonyl (C=O) groups excluding carboxylic acids is 1. The number of unbranched alkanes of at least 4 members (excludes halogenated alkanes) is 1. The molecule has 4 heteroatoms. The lowest BCUT2D eigenvalue weighted by atomic mass is 9.92. The average molecular weight is 320 g/mol. The largest absolute Gasteiger partial charge is 0.469 e. The summed E-state index contributed by atoms with van der Waals surface area (Å²) in [5, 5.41) is 10.6. The van der Waals surface area contributed by atoms with Crippen molar-refractivity contribution in [3.05, 3.63) is 48.6 Å². The number of esters is 1. The average Bonchev–Trinajstić information content (AvgIpc) is 2.59. The number of aliphatic hydroxyl groups excluding tert-OH is 1. The van der Waals surface area contributed by atoms with E-state index in [1.807, 2.05) is 30.3 Å². The van der Waals surface area contributed by atoms with Crippen molar-refractivity contribution in [3.8, 4) is 0 Å². The Hall–Kier alpha value is -1.65. The first-order chi connectivity index (χ1) is 11.1. The van der Waals surface area contributed by atoms with Gasteiger partial charge < -0.3 is 14.6 Å². The molecule has 23 heavy (non-hydrogen) atoms. The zero-order chi connectivity index (χ0) is 17.1. The predicted octanol–water partition coefficient (Wildman–Crippen LogP) is 3.49. The van der Waals surface area contributed by atoms with Gasteiger partial charge in [0.15, 0.2) is 0 Å². The molecule has 3 atom stereocenters. The third kappa shape index (κ3) is 6.55. The number of allylic oxidation sites excluding steroid dienone is 1. The van der Waals surface area contributed by atoms with Crippen LogP contribution in [0.2, 0.25) is 0 Å². The molecule has 0 saturated heterocycles. The Balaban J connectivity index is 2.76. The number of hydrogen-bond acceptors (Lipinski definition) is 4. The van der Waals surface area contributed by atoms with Crippen molar-refractivity contribution < 1.29 is 19.4 Å². The van der Waals surface area contributed by atoms with Gasteiger partial charge in [-0.2, -0.15) is 0 Å². The minimum atomic E-state index is -0.907. The molecule has 4 nitrogen and oxygen atoms in total. The maximum Gasteiger partial charge on any atom is 0.311 e.